The van der Waals surface area contributed by atoms with Gasteiger partial charge in [0.15, 0.2) is 0 Å². The van der Waals surface area contributed by atoms with Gasteiger partial charge in [-0.05, 0) is 41.6 Å². The standard InChI is InChI=1S/C16H24N2O2S/c1-13(2)11-17-12-14-4-5-16-15(10-14)6-7-18(16)8-9-21(3,19)20/h4-7,10,13,17H,8-9,11-12H2,1-3H3. The van der Waals surface area contributed by atoms with Crippen LogP contribution in [0.15, 0.2) is 30.5 Å². The number of fused-ring (bicyclic) bond motifs is 1. The predicted molar refractivity (Wildman–Crippen MR) is 88.2 cm³/mol. The third-order valence-corrected chi connectivity index (χ3v) is 4.34. The molecule has 116 valence electrons. The molecule has 0 aliphatic rings. The van der Waals surface area contributed by atoms with Crippen LogP contribution in [0.3, 0.4) is 0 Å². The zero-order valence-corrected chi connectivity index (χ0v) is 13.8. The molecule has 0 spiro atoms. The minimum atomic E-state index is -2.93. The van der Waals surface area contributed by atoms with E-state index in [-0.39, 0.29) is 5.75 Å². The number of rotatable bonds is 7. The first-order chi connectivity index (χ1) is 9.85. The molecule has 1 aromatic carbocycles. The molecule has 1 N–H and O–H groups in total. The summed E-state index contributed by atoms with van der Waals surface area (Å²) in [7, 11) is -2.93. The molecule has 21 heavy (non-hydrogen) atoms. The van der Waals surface area contributed by atoms with Crippen LogP contribution >= 0.6 is 0 Å². The van der Waals surface area contributed by atoms with E-state index in [1.54, 1.807) is 0 Å². The molecule has 4 nitrogen and oxygen atoms in total. The fourth-order valence-electron chi connectivity index (χ4n) is 2.32. The Labute approximate surface area is 127 Å². The Hall–Kier alpha value is -1.33. The van der Waals surface area contributed by atoms with Crippen molar-refractivity contribution in [2.24, 2.45) is 5.92 Å². The highest BCUT2D eigenvalue weighted by molar-refractivity contribution is 7.90. The van der Waals surface area contributed by atoms with E-state index in [1.807, 2.05) is 16.8 Å². The summed E-state index contributed by atoms with van der Waals surface area (Å²) in [6.07, 6.45) is 3.23. The van der Waals surface area contributed by atoms with Crippen LogP contribution in [-0.2, 0) is 22.9 Å². The molecule has 2 rings (SSSR count). The number of aryl methyl sites for hydroxylation is 1. The van der Waals surface area contributed by atoms with Crippen molar-refractivity contribution in [3.05, 3.63) is 36.0 Å². The molecule has 0 atom stereocenters. The lowest BCUT2D eigenvalue weighted by molar-refractivity contribution is 0.552. The van der Waals surface area contributed by atoms with Gasteiger partial charge in [0.1, 0.15) is 9.84 Å². The summed E-state index contributed by atoms with van der Waals surface area (Å²) in [6.45, 7) is 6.76. The van der Waals surface area contributed by atoms with Gasteiger partial charge in [0.25, 0.3) is 0 Å². The van der Waals surface area contributed by atoms with Crippen molar-refractivity contribution in [3.8, 4) is 0 Å². The first kappa shape index (κ1) is 16.0. The average molecular weight is 308 g/mol. The Morgan fingerprint density at radius 1 is 1.24 bits per heavy atom. The summed E-state index contributed by atoms with van der Waals surface area (Å²) in [5, 5.41) is 4.59. The molecular formula is C16H24N2O2S. The molecule has 0 saturated carbocycles. The Morgan fingerprint density at radius 2 is 2.00 bits per heavy atom. The van der Waals surface area contributed by atoms with Crippen LogP contribution in [0.1, 0.15) is 19.4 Å². The number of hydrogen-bond acceptors (Lipinski definition) is 3. The molecule has 0 bridgehead atoms. The van der Waals surface area contributed by atoms with E-state index >= 15 is 0 Å². The molecule has 0 aliphatic carbocycles. The number of aromatic nitrogens is 1. The first-order valence-corrected chi connectivity index (χ1v) is 9.37. The molecule has 0 radical (unpaired) electrons. The Kier molecular flexibility index (Phi) is 5.06. The smallest absolute Gasteiger partial charge is 0.149 e. The van der Waals surface area contributed by atoms with Gasteiger partial charge in [0, 0.05) is 31.1 Å². The summed E-state index contributed by atoms with van der Waals surface area (Å²) in [6, 6.07) is 8.39. The van der Waals surface area contributed by atoms with Gasteiger partial charge in [-0.3, -0.25) is 0 Å². The maximum Gasteiger partial charge on any atom is 0.149 e. The van der Waals surface area contributed by atoms with E-state index in [9.17, 15) is 8.42 Å². The highest BCUT2D eigenvalue weighted by Gasteiger charge is 2.06. The van der Waals surface area contributed by atoms with Crippen molar-refractivity contribution in [2.45, 2.75) is 26.9 Å². The van der Waals surface area contributed by atoms with Crippen molar-refractivity contribution >= 4 is 20.7 Å². The molecule has 0 amide bonds. The maximum atomic E-state index is 11.3. The summed E-state index contributed by atoms with van der Waals surface area (Å²) in [5.41, 5.74) is 2.34. The van der Waals surface area contributed by atoms with Gasteiger partial charge < -0.3 is 9.88 Å². The fourth-order valence-corrected chi connectivity index (χ4v) is 2.85. The van der Waals surface area contributed by atoms with E-state index in [1.165, 1.54) is 11.8 Å². The number of sulfone groups is 1. The lowest BCUT2D eigenvalue weighted by atomic mass is 10.1. The van der Waals surface area contributed by atoms with Gasteiger partial charge in [-0.15, -0.1) is 0 Å². The fraction of sp³-hybridized carbons (Fsp3) is 0.500. The summed E-state index contributed by atoms with van der Waals surface area (Å²) in [4.78, 5) is 0. The van der Waals surface area contributed by atoms with E-state index in [0.717, 1.165) is 24.0 Å². The second-order valence-corrected chi connectivity index (χ2v) is 8.32. The largest absolute Gasteiger partial charge is 0.346 e. The van der Waals surface area contributed by atoms with Crippen LogP contribution in [0.2, 0.25) is 0 Å². The van der Waals surface area contributed by atoms with Gasteiger partial charge in [0.2, 0.25) is 0 Å². The lowest BCUT2D eigenvalue weighted by Crippen LogP contribution is -2.18. The molecule has 1 aromatic heterocycles. The second kappa shape index (κ2) is 6.62. The summed E-state index contributed by atoms with van der Waals surface area (Å²) < 4.78 is 24.5. The van der Waals surface area contributed by atoms with Crippen LogP contribution in [-0.4, -0.2) is 31.5 Å². The van der Waals surface area contributed by atoms with E-state index in [4.69, 9.17) is 0 Å². The minimum Gasteiger partial charge on any atom is -0.346 e. The average Bonchev–Trinajstić information content (AvgIpc) is 2.77. The van der Waals surface area contributed by atoms with Crippen LogP contribution in [0.4, 0.5) is 0 Å². The van der Waals surface area contributed by atoms with E-state index in [2.05, 4.69) is 37.4 Å². The Bertz CT molecular complexity index is 702. The Balaban J connectivity index is 2.08. The van der Waals surface area contributed by atoms with Crippen LogP contribution in [0, 0.1) is 5.92 Å². The number of nitrogens with zero attached hydrogens (tertiary/aromatic N) is 1. The van der Waals surface area contributed by atoms with Gasteiger partial charge in [-0.2, -0.15) is 0 Å². The van der Waals surface area contributed by atoms with E-state index in [0.29, 0.717) is 12.5 Å². The molecule has 0 fully saturated rings. The normalized spacial score (nSPS) is 12.4. The SMILES string of the molecule is CC(C)CNCc1ccc2c(ccn2CCS(C)(=O)=O)c1. The quantitative estimate of drug-likeness (QED) is 0.854. The second-order valence-electron chi connectivity index (χ2n) is 6.06. The van der Waals surface area contributed by atoms with Crippen LogP contribution in [0.25, 0.3) is 10.9 Å². The van der Waals surface area contributed by atoms with Crippen molar-refractivity contribution in [1.82, 2.24) is 9.88 Å². The highest BCUT2D eigenvalue weighted by atomic mass is 32.2. The number of benzene rings is 1. The third kappa shape index (κ3) is 4.86. The molecule has 0 saturated heterocycles. The molecule has 2 aromatic rings. The maximum absolute atomic E-state index is 11.3. The number of hydrogen-bond donors (Lipinski definition) is 1. The zero-order chi connectivity index (χ0) is 15.5. The van der Waals surface area contributed by atoms with E-state index < -0.39 is 9.84 Å². The van der Waals surface area contributed by atoms with Crippen molar-refractivity contribution in [3.63, 3.8) is 0 Å². The Morgan fingerprint density at radius 3 is 2.67 bits per heavy atom. The molecule has 5 heteroatoms. The predicted octanol–water partition coefficient (Wildman–Crippen LogP) is 2.43. The lowest BCUT2D eigenvalue weighted by Gasteiger charge is -2.08. The first-order valence-electron chi connectivity index (χ1n) is 7.31. The molecular weight excluding hydrogens is 284 g/mol. The van der Waals surface area contributed by atoms with Gasteiger partial charge in [-0.1, -0.05) is 19.9 Å². The topological polar surface area (TPSA) is 51.1 Å². The van der Waals surface area contributed by atoms with Crippen molar-refractivity contribution in [2.75, 3.05) is 18.6 Å². The summed E-state index contributed by atoms with van der Waals surface area (Å²) >= 11 is 0. The summed E-state index contributed by atoms with van der Waals surface area (Å²) in [5.74, 6) is 0.819. The zero-order valence-electron chi connectivity index (χ0n) is 13.0. The van der Waals surface area contributed by atoms with Gasteiger partial charge >= 0.3 is 0 Å². The number of nitrogens with one attached hydrogen (secondary N) is 1. The van der Waals surface area contributed by atoms with Crippen molar-refractivity contribution in [1.29, 1.82) is 0 Å². The van der Waals surface area contributed by atoms with Gasteiger partial charge in [0.05, 0.1) is 5.75 Å². The van der Waals surface area contributed by atoms with Crippen LogP contribution in [0.5, 0.6) is 0 Å². The molecule has 0 unspecified atom stereocenters. The van der Waals surface area contributed by atoms with Crippen LogP contribution < -0.4 is 5.32 Å². The monoisotopic (exact) mass is 308 g/mol. The third-order valence-electron chi connectivity index (χ3n) is 3.42. The van der Waals surface area contributed by atoms with Gasteiger partial charge in [-0.25, -0.2) is 8.42 Å². The molecule has 1 heterocycles. The van der Waals surface area contributed by atoms with Crippen molar-refractivity contribution < 1.29 is 8.42 Å². The molecule has 0 aliphatic heterocycles. The highest BCUT2D eigenvalue weighted by Crippen LogP contribution is 2.18. The minimum absolute atomic E-state index is 0.175.